The highest BCUT2D eigenvalue weighted by Crippen LogP contribution is 2.16. The summed E-state index contributed by atoms with van der Waals surface area (Å²) in [5, 5.41) is 23.1. The fourth-order valence-electron chi connectivity index (χ4n) is 8.81. The first kappa shape index (κ1) is 62.3. The van der Waals surface area contributed by atoms with E-state index in [1.807, 2.05) is 6.08 Å². The van der Waals surface area contributed by atoms with Crippen LogP contribution >= 0.6 is 0 Å². The molecule has 1 amide bonds. The predicted octanol–water partition coefficient (Wildman–Crippen LogP) is 17.5. The van der Waals surface area contributed by atoms with Gasteiger partial charge in [-0.05, 0) is 57.8 Å². The van der Waals surface area contributed by atoms with E-state index in [1.165, 1.54) is 231 Å². The van der Waals surface area contributed by atoms with E-state index in [1.54, 1.807) is 6.08 Å². The monoisotopic (exact) mass is 902 g/mol. The van der Waals surface area contributed by atoms with Crippen LogP contribution in [0.25, 0.3) is 0 Å². The molecule has 0 spiro atoms. The molecule has 0 aromatic heterocycles. The third-order valence-electron chi connectivity index (χ3n) is 13.2. The molecule has 3 N–H and O–H groups in total. The van der Waals surface area contributed by atoms with Gasteiger partial charge >= 0.3 is 5.97 Å². The summed E-state index contributed by atoms with van der Waals surface area (Å²) in [5.74, 6) is -0.0700. The van der Waals surface area contributed by atoms with Gasteiger partial charge in [-0.2, -0.15) is 0 Å². The number of carbonyl (C=O) groups is 2. The number of hydrogen-bond acceptors (Lipinski definition) is 5. The van der Waals surface area contributed by atoms with Crippen LogP contribution in [0, 0.1) is 0 Å². The molecule has 2 atom stereocenters. The van der Waals surface area contributed by atoms with Gasteiger partial charge in [-0.3, -0.25) is 9.59 Å². The molecule has 0 radical (unpaired) electrons. The minimum Gasteiger partial charge on any atom is -0.466 e. The Hall–Kier alpha value is -1.66. The van der Waals surface area contributed by atoms with E-state index in [2.05, 4.69) is 31.3 Å². The van der Waals surface area contributed by atoms with E-state index in [9.17, 15) is 19.8 Å². The average Bonchev–Trinajstić information content (AvgIpc) is 3.29. The number of rotatable bonds is 53. The SMILES string of the molecule is CCCCCCCCCCCCCCCC/C=C/C(O)C(CO)NC(=O)CCCCCCCCC/C=C\CCCCCCCCCCCOC(=O)CCCCCCCCCCCCC. The van der Waals surface area contributed by atoms with Crippen molar-refractivity contribution in [1.29, 1.82) is 0 Å². The van der Waals surface area contributed by atoms with Crippen molar-refractivity contribution in [3.63, 3.8) is 0 Å². The molecule has 0 fully saturated rings. The second kappa shape index (κ2) is 54.0. The zero-order valence-corrected chi connectivity index (χ0v) is 43.0. The molecule has 0 aliphatic carbocycles. The van der Waals surface area contributed by atoms with Crippen molar-refractivity contribution in [2.45, 2.75) is 321 Å². The van der Waals surface area contributed by atoms with Gasteiger partial charge in [-0.15, -0.1) is 0 Å². The molecule has 6 heteroatoms. The van der Waals surface area contributed by atoms with Crippen LogP contribution in [0.5, 0.6) is 0 Å². The van der Waals surface area contributed by atoms with Gasteiger partial charge in [-0.25, -0.2) is 0 Å². The maximum Gasteiger partial charge on any atom is 0.305 e. The summed E-state index contributed by atoms with van der Waals surface area (Å²) < 4.78 is 5.46. The molecular weight excluding hydrogens is 791 g/mol. The first-order valence-corrected chi connectivity index (χ1v) is 28.6. The highest BCUT2D eigenvalue weighted by atomic mass is 16.5. The van der Waals surface area contributed by atoms with Crippen LogP contribution in [0.15, 0.2) is 24.3 Å². The molecule has 0 saturated carbocycles. The van der Waals surface area contributed by atoms with E-state index in [0.29, 0.717) is 19.4 Å². The van der Waals surface area contributed by atoms with Crippen molar-refractivity contribution in [2.75, 3.05) is 13.2 Å². The van der Waals surface area contributed by atoms with Gasteiger partial charge in [0.25, 0.3) is 0 Å². The maximum atomic E-state index is 12.5. The number of nitrogens with one attached hydrogen (secondary N) is 1. The van der Waals surface area contributed by atoms with Gasteiger partial charge in [-0.1, -0.05) is 263 Å². The molecule has 0 aromatic carbocycles. The van der Waals surface area contributed by atoms with Crippen molar-refractivity contribution in [1.82, 2.24) is 5.32 Å². The van der Waals surface area contributed by atoms with Crippen molar-refractivity contribution < 1.29 is 24.5 Å². The van der Waals surface area contributed by atoms with Crippen LogP contribution in [0.2, 0.25) is 0 Å². The summed E-state index contributed by atoms with van der Waals surface area (Å²) in [6, 6.07) is -0.633. The average molecular weight is 903 g/mol. The molecule has 378 valence electrons. The highest BCUT2D eigenvalue weighted by Gasteiger charge is 2.18. The van der Waals surface area contributed by atoms with Crippen LogP contribution in [0.4, 0.5) is 0 Å². The van der Waals surface area contributed by atoms with Crippen LogP contribution < -0.4 is 5.32 Å². The summed E-state index contributed by atoms with van der Waals surface area (Å²) in [6.07, 6.45) is 64.8. The van der Waals surface area contributed by atoms with Crippen molar-refractivity contribution in [3.8, 4) is 0 Å². The standard InChI is InChI=1S/C58H111NO5/c1-3-5-7-9-11-13-15-16-17-24-27-31-34-38-42-46-50-56(61)55(54-60)59-57(62)51-47-43-39-35-32-28-25-22-20-18-19-21-23-26-29-33-37-41-45-49-53-64-58(63)52-48-44-40-36-30-14-12-10-8-6-4-2/h18,20,46,50,55-56,60-61H,3-17,19,21-45,47-49,51-54H2,1-2H3,(H,59,62)/b20-18-,50-46+. The third kappa shape index (κ3) is 49.8. The lowest BCUT2D eigenvalue weighted by Crippen LogP contribution is -2.45. The summed E-state index contributed by atoms with van der Waals surface area (Å²) >= 11 is 0. The molecule has 0 heterocycles. The lowest BCUT2D eigenvalue weighted by Gasteiger charge is -2.20. The Kier molecular flexibility index (Phi) is 52.6. The fraction of sp³-hybridized carbons (Fsp3) is 0.897. The van der Waals surface area contributed by atoms with Crippen molar-refractivity contribution >= 4 is 11.9 Å². The van der Waals surface area contributed by atoms with Gasteiger partial charge in [0.2, 0.25) is 5.91 Å². The number of carbonyl (C=O) groups excluding carboxylic acids is 2. The Labute approximate surface area is 399 Å². The van der Waals surface area contributed by atoms with Gasteiger partial charge in [0.15, 0.2) is 0 Å². The number of aliphatic hydroxyl groups is 2. The number of hydrogen-bond donors (Lipinski definition) is 3. The Morgan fingerprint density at radius 3 is 1.11 bits per heavy atom. The van der Waals surface area contributed by atoms with E-state index in [-0.39, 0.29) is 18.5 Å². The molecule has 0 aliphatic rings. The molecule has 6 nitrogen and oxygen atoms in total. The van der Waals surface area contributed by atoms with Crippen molar-refractivity contribution in [3.05, 3.63) is 24.3 Å². The molecule has 0 rings (SSSR count). The van der Waals surface area contributed by atoms with E-state index in [4.69, 9.17) is 4.74 Å². The molecule has 0 saturated heterocycles. The Bertz CT molecular complexity index is 997. The largest absolute Gasteiger partial charge is 0.466 e. The molecule has 0 aromatic rings. The molecule has 0 aliphatic heterocycles. The van der Waals surface area contributed by atoms with Gasteiger partial charge < -0.3 is 20.3 Å². The Balaban J connectivity index is 3.47. The minimum absolute atomic E-state index is 0.00524. The molecule has 0 bridgehead atoms. The number of esters is 1. The van der Waals surface area contributed by atoms with Gasteiger partial charge in [0.1, 0.15) is 0 Å². The fourth-order valence-corrected chi connectivity index (χ4v) is 8.81. The third-order valence-corrected chi connectivity index (χ3v) is 13.2. The molecule has 2 unspecified atom stereocenters. The number of amides is 1. The van der Waals surface area contributed by atoms with E-state index < -0.39 is 12.1 Å². The lowest BCUT2D eigenvalue weighted by atomic mass is 10.0. The van der Waals surface area contributed by atoms with Crippen LogP contribution in [-0.2, 0) is 14.3 Å². The number of aliphatic hydroxyl groups excluding tert-OH is 2. The predicted molar refractivity (Wildman–Crippen MR) is 278 cm³/mol. The van der Waals surface area contributed by atoms with Crippen LogP contribution in [-0.4, -0.2) is 47.4 Å². The van der Waals surface area contributed by atoms with Crippen LogP contribution in [0.3, 0.4) is 0 Å². The maximum absolute atomic E-state index is 12.5. The lowest BCUT2D eigenvalue weighted by molar-refractivity contribution is -0.143. The number of unbranched alkanes of at least 4 members (excludes halogenated alkanes) is 40. The summed E-state index contributed by atoms with van der Waals surface area (Å²) in [5.41, 5.74) is 0. The second-order valence-corrected chi connectivity index (χ2v) is 19.6. The quantitative estimate of drug-likeness (QED) is 0.0321. The van der Waals surface area contributed by atoms with Gasteiger partial charge in [0, 0.05) is 12.8 Å². The molecular formula is C58H111NO5. The second-order valence-electron chi connectivity index (χ2n) is 19.6. The first-order chi connectivity index (χ1) is 31.5. The molecule has 64 heavy (non-hydrogen) atoms. The topological polar surface area (TPSA) is 95.9 Å². The minimum atomic E-state index is -0.849. The Morgan fingerprint density at radius 1 is 0.422 bits per heavy atom. The first-order valence-electron chi connectivity index (χ1n) is 28.6. The number of allylic oxidation sites excluding steroid dienone is 3. The highest BCUT2D eigenvalue weighted by molar-refractivity contribution is 5.76. The zero-order valence-electron chi connectivity index (χ0n) is 43.0. The summed E-state index contributed by atoms with van der Waals surface area (Å²) in [4.78, 5) is 24.4. The van der Waals surface area contributed by atoms with Crippen LogP contribution in [0.1, 0.15) is 309 Å². The van der Waals surface area contributed by atoms with E-state index >= 15 is 0 Å². The summed E-state index contributed by atoms with van der Waals surface area (Å²) in [6.45, 7) is 4.90. The smallest absolute Gasteiger partial charge is 0.305 e. The van der Waals surface area contributed by atoms with Crippen molar-refractivity contribution in [2.24, 2.45) is 0 Å². The zero-order chi connectivity index (χ0) is 46.5. The summed E-state index contributed by atoms with van der Waals surface area (Å²) in [7, 11) is 0. The van der Waals surface area contributed by atoms with Gasteiger partial charge in [0.05, 0.1) is 25.4 Å². The number of ether oxygens (including phenoxy) is 1. The Morgan fingerprint density at radius 2 is 0.734 bits per heavy atom. The van der Waals surface area contributed by atoms with E-state index in [0.717, 1.165) is 51.4 Å². The normalized spacial score (nSPS) is 12.8.